The van der Waals surface area contributed by atoms with Crippen molar-refractivity contribution in [1.29, 1.82) is 0 Å². The number of fused-ring (bicyclic) bond motifs is 1. The highest BCUT2D eigenvalue weighted by Gasteiger charge is 2.19. The molecule has 1 amide bonds. The summed E-state index contributed by atoms with van der Waals surface area (Å²) in [5, 5.41) is 0. The Labute approximate surface area is 158 Å². The van der Waals surface area contributed by atoms with Crippen molar-refractivity contribution in [3.05, 3.63) is 47.5 Å². The lowest BCUT2D eigenvalue weighted by Gasteiger charge is -2.21. The molecule has 0 bridgehead atoms. The standard InChI is InChI=1S/C19H22N2O5S/c1-13-4-6-17(10-14(13)2)27(23,24)20-8-9-21(15(3)22)16-5-7-18-19(11-16)26-12-25-18/h4-7,10-11,20H,8-9,12H2,1-3H3. The third-order valence-electron chi connectivity index (χ3n) is 4.46. The number of rotatable bonds is 6. The Morgan fingerprint density at radius 2 is 1.81 bits per heavy atom. The Balaban J connectivity index is 1.69. The van der Waals surface area contributed by atoms with Gasteiger partial charge in [-0.25, -0.2) is 13.1 Å². The molecule has 144 valence electrons. The molecule has 1 aliphatic rings. The van der Waals surface area contributed by atoms with E-state index in [0.29, 0.717) is 17.2 Å². The molecule has 8 heteroatoms. The number of amides is 1. The van der Waals surface area contributed by atoms with Crippen LogP contribution in [0.5, 0.6) is 11.5 Å². The number of nitrogens with zero attached hydrogens (tertiary/aromatic N) is 1. The molecule has 2 aromatic carbocycles. The first-order valence-electron chi connectivity index (χ1n) is 8.52. The average molecular weight is 390 g/mol. The quantitative estimate of drug-likeness (QED) is 0.819. The Bertz CT molecular complexity index is 972. The van der Waals surface area contributed by atoms with Crippen LogP contribution in [0.15, 0.2) is 41.3 Å². The van der Waals surface area contributed by atoms with E-state index in [1.54, 1.807) is 36.4 Å². The predicted octanol–water partition coefficient (Wildman–Crippen LogP) is 2.36. The van der Waals surface area contributed by atoms with Crippen molar-refractivity contribution >= 4 is 21.6 Å². The monoisotopic (exact) mass is 390 g/mol. The van der Waals surface area contributed by atoms with Crippen LogP contribution in [0.2, 0.25) is 0 Å². The summed E-state index contributed by atoms with van der Waals surface area (Å²) in [5.41, 5.74) is 2.56. The second-order valence-electron chi connectivity index (χ2n) is 6.35. The normalized spacial score (nSPS) is 12.9. The molecule has 0 atom stereocenters. The summed E-state index contributed by atoms with van der Waals surface area (Å²) in [5.74, 6) is 0.992. The largest absolute Gasteiger partial charge is 0.454 e. The molecule has 0 unspecified atom stereocenters. The van der Waals surface area contributed by atoms with Gasteiger partial charge < -0.3 is 14.4 Å². The van der Waals surface area contributed by atoms with Gasteiger partial charge in [-0.2, -0.15) is 0 Å². The topological polar surface area (TPSA) is 84.9 Å². The third-order valence-corrected chi connectivity index (χ3v) is 5.92. The number of nitrogens with one attached hydrogen (secondary N) is 1. The molecule has 0 saturated carbocycles. The van der Waals surface area contributed by atoms with Gasteiger partial charge in [0, 0.05) is 31.8 Å². The van der Waals surface area contributed by atoms with E-state index in [0.717, 1.165) is 11.1 Å². The van der Waals surface area contributed by atoms with Crippen LogP contribution in [-0.2, 0) is 14.8 Å². The van der Waals surface area contributed by atoms with E-state index in [-0.39, 0.29) is 30.7 Å². The first-order chi connectivity index (χ1) is 12.8. The number of anilines is 1. The van der Waals surface area contributed by atoms with Crippen LogP contribution >= 0.6 is 0 Å². The summed E-state index contributed by atoms with van der Waals surface area (Å²) in [7, 11) is -3.65. The zero-order chi connectivity index (χ0) is 19.6. The molecule has 0 fully saturated rings. The van der Waals surface area contributed by atoms with Gasteiger partial charge in [-0.3, -0.25) is 4.79 Å². The molecule has 7 nitrogen and oxygen atoms in total. The Morgan fingerprint density at radius 1 is 1.07 bits per heavy atom. The highest BCUT2D eigenvalue weighted by molar-refractivity contribution is 7.89. The summed E-state index contributed by atoms with van der Waals surface area (Å²) < 4.78 is 38.1. The van der Waals surface area contributed by atoms with Crippen LogP contribution in [0, 0.1) is 13.8 Å². The molecule has 27 heavy (non-hydrogen) atoms. The van der Waals surface area contributed by atoms with E-state index in [4.69, 9.17) is 9.47 Å². The second-order valence-corrected chi connectivity index (χ2v) is 8.12. The number of hydrogen-bond acceptors (Lipinski definition) is 5. The van der Waals surface area contributed by atoms with Gasteiger partial charge in [-0.1, -0.05) is 6.07 Å². The van der Waals surface area contributed by atoms with Gasteiger partial charge in [-0.15, -0.1) is 0 Å². The predicted molar refractivity (Wildman–Crippen MR) is 102 cm³/mol. The van der Waals surface area contributed by atoms with Crippen LogP contribution in [0.4, 0.5) is 5.69 Å². The zero-order valence-corrected chi connectivity index (χ0v) is 16.3. The van der Waals surface area contributed by atoms with Crippen molar-refractivity contribution in [3.63, 3.8) is 0 Å². The fraction of sp³-hybridized carbons (Fsp3) is 0.316. The van der Waals surface area contributed by atoms with Crippen molar-refractivity contribution < 1.29 is 22.7 Å². The molecular formula is C19H22N2O5S. The van der Waals surface area contributed by atoms with Gasteiger partial charge in [0.05, 0.1) is 4.90 Å². The zero-order valence-electron chi connectivity index (χ0n) is 15.5. The van der Waals surface area contributed by atoms with Crippen LogP contribution in [-0.4, -0.2) is 34.2 Å². The molecule has 1 heterocycles. The van der Waals surface area contributed by atoms with Crippen molar-refractivity contribution in [2.24, 2.45) is 0 Å². The van der Waals surface area contributed by atoms with E-state index in [1.165, 1.54) is 11.8 Å². The molecule has 0 saturated heterocycles. The molecule has 0 spiro atoms. The van der Waals surface area contributed by atoms with Gasteiger partial charge in [-0.05, 0) is 49.2 Å². The minimum Gasteiger partial charge on any atom is -0.454 e. The van der Waals surface area contributed by atoms with Crippen LogP contribution in [0.25, 0.3) is 0 Å². The van der Waals surface area contributed by atoms with Gasteiger partial charge in [0.25, 0.3) is 0 Å². The third kappa shape index (κ3) is 4.23. The van der Waals surface area contributed by atoms with Crippen LogP contribution < -0.4 is 19.1 Å². The molecule has 1 N–H and O–H groups in total. The number of ether oxygens (including phenoxy) is 2. The Morgan fingerprint density at radius 3 is 2.52 bits per heavy atom. The lowest BCUT2D eigenvalue weighted by molar-refractivity contribution is -0.116. The summed E-state index contributed by atoms with van der Waals surface area (Å²) in [6, 6.07) is 10.2. The van der Waals surface area contributed by atoms with Crippen molar-refractivity contribution in [2.75, 3.05) is 24.8 Å². The van der Waals surface area contributed by atoms with E-state index in [2.05, 4.69) is 4.72 Å². The molecule has 0 radical (unpaired) electrons. The SMILES string of the molecule is CC(=O)N(CCNS(=O)(=O)c1ccc(C)c(C)c1)c1ccc2c(c1)OCO2. The fourth-order valence-corrected chi connectivity index (χ4v) is 3.88. The Hall–Kier alpha value is -2.58. The number of benzene rings is 2. The van der Waals surface area contributed by atoms with Crippen molar-refractivity contribution in [2.45, 2.75) is 25.7 Å². The highest BCUT2D eigenvalue weighted by Crippen LogP contribution is 2.35. The van der Waals surface area contributed by atoms with E-state index in [1.807, 2.05) is 13.8 Å². The minimum atomic E-state index is -3.65. The summed E-state index contributed by atoms with van der Waals surface area (Å²) in [6.07, 6.45) is 0. The maximum atomic E-state index is 12.5. The molecule has 1 aliphatic heterocycles. The first-order valence-corrected chi connectivity index (χ1v) is 10.0. The lowest BCUT2D eigenvalue weighted by atomic mass is 10.1. The van der Waals surface area contributed by atoms with Gasteiger partial charge in [0.1, 0.15) is 0 Å². The Kier molecular flexibility index (Phi) is 5.38. The first kappa shape index (κ1) is 19.2. The summed E-state index contributed by atoms with van der Waals surface area (Å²) in [6.45, 7) is 5.65. The lowest BCUT2D eigenvalue weighted by Crippen LogP contribution is -2.37. The van der Waals surface area contributed by atoms with Crippen molar-refractivity contribution in [1.82, 2.24) is 4.72 Å². The fourth-order valence-electron chi connectivity index (χ4n) is 2.78. The minimum absolute atomic E-state index is 0.0866. The summed E-state index contributed by atoms with van der Waals surface area (Å²) in [4.78, 5) is 13.7. The van der Waals surface area contributed by atoms with Crippen LogP contribution in [0.3, 0.4) is 0 Å². The van der Waals surface area contributed by atoms with E-state index < -0.39 is 10.0 Å². The van der Waals surface area contributed by atoms with Crippen LogP contribution in [0.1, 0.15) is 18.1 Å². The highest BCUT2D eigenvalue weighted by atomic mass is 32.2. The van der Waals surface area contributed by atoms with Gasteiger partial charge in [0.2, 0.25) is 22.7 Å². The number of carbonyl (C=O) groups is 1. The number of carbonyl (C=O) groups excluding carboxylic acids is 1. The number of hydrogen-bond donors (Lipinski definition) is 1. The number of aryl methyl sites for hydroxylation is 2. The molecule has 3 rings (SSSR count). The second kappa shape index (κ2) is 7.58. The average Bonchev–Trinajstić information content (AvgIpc) is 3.08. The molecule has 2 aromatic rings. The summed E-state index contributed by atoms with van der Waals surface area (Å²) >= 11 is 0. The molecular weight excluding hydrogens is 368 g/mol. The number of sulfonamides is 1. The van der Waals surface area contributed by atoms with E-state index in [9.17, 15) is 13.2 Å². The molecule has 0 aromatic heterocycles. The molecule has 0 aliphatic carbocycles. The van der Waals surface area contributed by atoms with Crippen molar-refractivity contribution in [3.8, 4) is 11.5 Å². The maximum Gasteiger partial charge on any atom is 0.240 e. The van der Waals surface area contributed by atoms with Gasteiger partial charge in [0.15, 0.2) is 11.5 Å². The van der Waals surface area contributed by atoms with E-state index >= 15 is 0 Å². The maximum absolute atomic E-state index is 12.5. The smallest absolute Gasteiger partial charge is 0.240 e. The van der Waals surface area contributed by atoms with Gasteiger partial charge >= 0.3 is 0 Å².